The lowest BCUT2D eigenvalue weighted by molar-refractivity contribution is -0.138. The predicted molar refractivity (Wildman–Crippen MR) is 57.5 cm³/mol. The van der Waals surface area contributed by atoms with Crippen molar-refractivity contribution in [1.29, 1.82) is 0 Å². The first-order chi connectivity index (χ1) is 7.71. The van der Waals surface area contributed by atoms with Gasteiger partial charge in [-0.2, -0.15) is 4.98 Å². The van der Waals surface area contributed by atoms with E-state index in [0.29, 0.717) is 0 Å². The summed E-state index contributed by atoms with van der Waals surface area (Å²) in [6, 6.07) is 0. The van der Waals surface area contributed by atoms with Crippen molar-refractivity contribution in [2.45, 2.75) is 33.2 Å². The molecule has 1 aromatic rings. The van der Waals surface area contributed by atoms with Gasteiger partial charge in [0.05, 0.1) is 0 Å². The highest BCUT2D eigenvalue weighted by atomic mass is 16.5. The van der Waals surface area contributed by atoms with Gasteiger partial charge in [-0.05, 0) is 20.8 Å². The number of amides is 1. The molecule has 0 aliphatic heterocycles. The van der Waals surface area contributed by atoms with Gasteiger partial charge in [-0.1, -0.05) is 5.16 Å². The molecule has 0 saturated heterocycles. The summed E-state index contributed by atoms with van der Waals surface area (Å²) >= 11 is 0. The SMILES string of the molecule is Cc1nc(C(=O)N(CC(=O)O)C(C)(C)C)no1. The smallest absolute Gasteiger partial charge is 0.323 e. The highest BCUT2D eigenvalue weighted by Crippen LogP contribution is 2.15. The lowest BCUT2D eigenvalue weighted by Gasteiger charge is -2.33. The molecule has 0 unspecified atom stereocenters. The van der Waals surface area contributed by atoms with Crippen molar-refractivity contribution < 1.29 is 19.2 Å². The number of carbonyl (C=O) groups excluding carboxylic acids is 1. The zero-order chi connectivity index (χ0) is 13.2. The summed E-state index contributed by atoms with van der Waals surface area (Å²) in [6.07, 6.45) is 0. The first-order valence-electron chi connectivity index (χ1n) is 5.06. The van der Waals surface area contributed by atoms with E-state index in [4.69, 9.17) is 9.63 Å². The molecule has 17 heavy (non-hydrogen) atoms. The van der Waals surface area contributed by atoms with Gasteiger partial charge in [0.15, 0.2) is 0 Å². The molecule has 1 heterocycles. The third-order valence-electron chi connectivity index (χ3n) is 2.07. The molecule has 0 spiro atoms. The van der Waals surface area contributed by atoms with E-state index in [9.17, 15) is 9.59 Å². The third kappa shape index (κ3) is 3.27. The summed E-state index contributed by atoms with van der Waals surface area (Å²) < 4.78 is 4.70. The fourth-order valence-electron chi connectivity index (χ4n) is 1.26. The number of aryl methyl sites for hydroxylation is 1. The standard InChI is InChI=1S/C10H15N3O4/c1-6-11-8(12-17-6)9(16)13(5-7(14)15)10(2,3)4/h5H2,1-4H3,(H,14,15). The second kappa shape index (κ2) is 4.52. The lowest BCUT2D eigenvalue weighted by Crippen LogP contribution is -2.48. The summed E-state index contributed by atoms with van der Waals surface area (Å²) in [5.74, 6) is -1.51. The molecule has 7 nitrogen and oxygen atoms in total. The van der Waals surface area contributed by atoms with Crippen molar-refractivity contribution in [3.8, 4) is 0 Å². The molecule has 94 valence electrons. The molecule has 7 heteroatoms. The molecular formula is C10H15N3O4. The molecule has 0 saturated carbocycles. The topological polar surface area (TPSA) is 96.5 Å². The summed E-state index contributed by atoms with van der Waals surface area (Å²) in [7, 11) is 0. The van der Waals surface area contributed by atoms with Crippen molar-refractivity contribution in [2.24, 2.45) is 0 Å². The fourth-order valence-corrected chi connectivity index (χ4v) is 1.26. The van der Waals surface area contributed by atoms with Crippen LogP contribution in [0.25, 0.3) is 0 Å². The Balaban J connectivity index is 2.99. The quantitative estimate of drug-likeness (QED) is 0.836. The average molecular weight is 241 g/mol. The number of carbonyl (C=O) groups is 2. The maximum absolute atomic E-state index is 12.0. The molecule has 0 aromatic carbocycles. The van der Waals surface area contributed by atoms with Crippen molar-refractivity contribution in [1.82, 2.24) is 15.0 Å². The van der Waals surface area contributed by atoms with Crippen molar-refractivity contribution in [3.05, 3.63) is 11.7 Å². The minimum atomic E-state index is -1.09. The molecule has 0 fully saturated rings. The fraction of sp³-hybridized carbons (Fsp3) is 0.600. The summed E-state index contributed by atoms with van der Waals surface area (Å²) in [4.78, 5) is 27.7. The monoisotopic (exact) mass is 241 g/mol. The van der Waals surface area contributed by atoms with E-state index >= 15 is 0 Å². The Hall–Kier alpha value is -1.92. The van der Waals surface area contributed by atoms with E-state index in [1.807, 2.05) is 0 Å². The summed E-state index contributed by atoms with van der Waals surface area (Å²) in [5, 5.41) is 12.3. The van der Waals surface area contributed by atoms with Crippen LogP contribution in [0.5, 0.6) is 0 Å². The van der Waals surface area contributed by atoms with Gasteiger partial charge < -0.3 is 14.5 Å². The maximum atomic E-state index is 12.0. The van der Waals surface area contributed by atoms with Gasteiger partial charge in [-0.15, -0.1) is 0 Å². The van der Waals surface area contributed by atoms with Crippen molar-refractivity contribution in [3.63, 3.8) is 0 Å². The summed E-state index contributed by atoms with van der Waals surface area (Å²) in [6.45, 7) is 6.36. The number of nitrogens with zero attached hydrogens (tertiary/aromatic N) is 3. The zero-order valence-electron chi connectivity index (χ0n) is 10.2. The average Bonchev–Trinajstić information content (AvgIpc) is 2.58. The molecule has 1 aromatic heterocycles. The number of aliphatic carboxylic acids is 1. The third-order valence-corrected chi connectivity index (χ3v) is 2.07. The Morgan fingerprint density at radius 3 is 2.35 bits per heavy atom. The lowest BCUT2D eigenvalue weighted by atomic mass is 10.1. The van der Waals surface area contributed by atoms with Crippen LogP contribution in [0.1, 0.15) is 37.3 Å². The van der Waals surface area contributed by atoms with Crippen molar-refractivity contribution >= 4 is 11.9 Å². The van der Waals surface area contributed by atoms with E-state index in [0.717, 1.165) is 0 Å². The van der Waals surface area contributed by atoms with Crippen LogP contribution in [-0.4, -0.2) is 44.1 Å². The van der Waals surface area contributed by atoms with Crippen LogP contribution in [0.15, 0.2) is 4.52 Å². The second-order valence-electron chi connectivity index (χ2n) is 4.59. The van der Waals surface area contributed by atoms with E-state index in [2.05, 4.69) is 10.1 Å². The Morgan fingerprint density at radius 2 is 2.00 bits per heavy atom. The zero-order valence-corrected chi connectivity index (χ0v) is 10.2. The van der Waals surface area contributed by atoms with Crippen LogP contribution in [0.2, 0.25) is 0 Å². The highest BCUT2D eigenvalue weighted by Gasteiger charge is 2.31. The molecule has 0 aliphatic carbocycles. The first-order valence-corrected chi connectivity index (χ1v) is 5.06. The van der Waals surface area contributed by atoms with Gasteiger partial charge >= 0.3 is 5.97 Å². The van der Waals surface area contributed by atoms with Crippen LogP contribution >= 0.6 is 0 Å². The Kier molecular flexibility index (Phi) is 3.50. The first kappa shape index (κ1) is 13.1. The van der Waals surface area contributed by atoms with E-state index in [1.54, 1.807) is 27.7 Å². The largest absolute Gasteiger partial charge is 0.480 e. The van der Waals surface area contributed by atoms with Gasteiger partial charge in [0.1, 0.15) is 6.54 Å². The number of aromatic nitrogens is 2. The van der Waals surface area contributed by atoms with Gasteiger partial charge in [0, 0.05) is 12.5 Å². The number of carboxylic acids is 1. The number of rotatable bonds is 3. The predicted octanol–water partition coefficient (Wildman–Crippen LogP) is 0.703. The second-order valence-corrected chi connectivity index (χ2v) is 4.59. The number of hydrogen-bond donors (Lipinski definition) is 1. The van der Waals surface area contributed by atoms with Crippen molar-refractivity contribution in [2.75, 3.05) is 6.54 Å². The Bertz CT molecular complexity index is 433. The van der Waals surface area contributed by atoms with Gasteiger partial charge in [0.25, 0.3) is 11.7 Å². The normalized spacial score (nSPS) is 11.3. The number of hydrogen-bond acceptors (Lipinski definition) is 5. The number of carboxylic acid groups (broad SMARTS) is 1. The van der Waals surface area contributed by atoms with Gasteiger partial charge in [0.2, 0.25) is 5.89 Å². The molecule has 0 radical (unpaired) electrons. The molecular weight excluding hydrogens is 226 g/mol. The molecule has 0 bridgehead atoms. The van der Waals surface area contributed by atoms with E-state index < -0.39 is 24.0 Å². The van der Waals surface area contributed by atoms with Crippen LogP contribution < -0.4 is 0 Å². The molecule has 1 rings (SSSR count). The van der Waals surface area contributed by atoms with Crippen LogP contribution in [0.3, 0.4) is 0 Å². The minimum absolute atomic E-state index is 0.126. The summed E-state index contributed by atoms with van der Waals surface area (Å²) in [5.41, 5.74) is -0.635. The highest BCUT2D eigenvalue weighted by molar-refractivity contribution is 5.92. The van der Waals surface area contributed by atoms with E-state index in [-0.39, 0.29) is 11.7 Å². The van der Waals surface area contributed by atoms with Gasteiger partial charge in [-0.3, -0.25) is 9.59 Å². The van der Waals surface area contributed by atoms with Crippen LogP contribution in [-0.2, 0) is 4.79 Å². The molecule has 0 aliphatic rings. The van der Waals surface area contributed by atoms with E-state index in [1.165, 1.54) is 4.90 Å². The molecule has 1 N–H and O–H groups in total. The Labute approximate surface area is 98.4 Å². The van der Waals surface area contributed by atoms with Crippen LogP contribution in [0.4, 0.5) is 0 Å². The Morgan fingerprint density at radius 1 is 1.41 bits per heavy atom. The molecule has 0 atom stereocenters. The van der Waals surface area contributed by atoms with Gasteiger partial charge in [-0.25, -0.2) is 0 Å². The maximum Gasteiger partial charge on any atom is 0.323 e. The molecule has 1 amide bonds. The van der Waals surface area contributed by atoms with Crippen LogP contribution in [0, 0.1) is 6.92 Å². The minimum Gasteiger partial charge on any atom is -0.480 e.